The topological polar surface area (TPSA) is 70.4 Å². The van der Waals surface area contributed by atoms with E-state index in [0.717, 1.165) is 11.3 Å². The maximum absolute atomic E-state index is 12.5. The van der Waals surface area contributed by atoms with Crippen LogP contribution in [-0.2, 0) is 13.6 Å². The summed E-state index contributed by atoms with van der Waals surface area (Å²) >= 11 is 0. The molecular formula is C18H26N4O2. The van der Waals surface area contributed by atoms with Crippen molar-refractivity contribution in [3.63, 3.8) is 0 Å². The van der Waals surface area contributed by atoms with Crippen LogP contribution in [0.15, 0.2) is 30.3 Å². The molecule has 6 nitrogen and oxygen atoms in total. The van der Waals surface area contributed by atoms with Gasteiger partial charge in [0, 0.05) is 31.8 Å². The van der Waals surface area contributed by atoms with Crippen molar-refractivity contribution in [2.45, 2.75) is 26.3 Å². The molecule has 0 spiro atoms. The van der Waals surface area contributed by atoms with E-state index in [1.54, 1.807) is 10.7 Å². The number of aromatic nitrogens is 2. The Kier molecular flexibility index (Phi) is 6.11. The third-order valence-corrected chi connectivity index (χ3v) is 3.86. The molecule has 1 aromatic heterocycles. The van der Waals surface area contributed by atoms with Crippen LogP contribution >= 0.6 is 0 Å². The standard InChI is InChI=1S/C18H26N4O2/c1-13(2)16-11-17(22(4)20-16)19-18(24)15-7-5-6-14(10-15)12-21(3)8-9-23/h5-7,10-11,13,23H,8-9,12H2,1-4H3,(H,19,24). The number of amides is 1. The van der Waals surface area contributed by atoms with Crippen LogP contribution in [-0.4, -0.2) is 45.9 Å². The van der Waals surface area contributed by atoms with E-state index < -0.39 is 0 Å². The first-order valence-electron chi connectivity index (χ1n) is 8.14. The van der Waals surface area contributed by atoms with Crippen molar-refractivity contribution in [2.75, 3.05) is 25.5 Å². The first kappa shape index (κ1) is 18.2. The molecule has 1 aromatic carbocycles. The number of hydrogen-bond acceptors (Lipinski definition) is 4. The van der Waals surface area contributed by atoms with Gasteiger partial charge in [0.25, 0.3) is 5.91 Å². The minimum atomic E-state index is -0.153. The summed E-state index contributed by atoms with van der Waals surface area (Å²) in [5, 5.41) is 16.3. The molecule has 130 valence electrons. The average Bonchev–Trinajstić information content (AvgIpc) is 2.89. The fraction of sp³-hybridized carbons (Fsp3) is 0.444. The predicted octanol–water partition coefficient (Wildman–Crippen LogP) is 2.22. The Balaban J connectivity index is 2.10. The Bertz CT molecular complexity index is 694. The minimum absolute atomic E-state index is 0.120. The van der Waals surface area contributed by atoms with Gasteiger partial charge in [-0.25, -0.2) is 0 Å². The number of anilines is 1. The third kappa shape index (κ3) is 4.66. The Morgan fingerprint density at radius 3 is 2.75 bits per heavy atom. The number of carbonyl (C=O) groups excluding carboxylic acids is 1. The largest absolute Gasteiger partial charge is 0.395 e. The van der Waals surface area contributed by atoms with Crippen LogP contribution in [0.1, 0.15) is 41.4 Å². The lowest BCUT2D eigenvalue weighted by Gasteiger charge is -2.15. The third-order valence-electron chi connectivity index (χ3n) is 3.86. The van der Waals surface area contributed by atoms with Crippen LogP contribution in [0.3, 0.4) is 0 Å². The van der Waals surface area contributed by atoms with Crippen LogP contribution in [0.4, 0.5) is 5.82 Å². The van der Waals surface area contributed by atoms with E-state index in [4.69, 9.17) is 5.11 Å². The van der Waals surface area contributed by atoms with Gasteiger partial charge < -0.3 is 10.4 Å². The van der Waals surface area contributed by atoms with Gasteiger partial charge in [0.05, 0.1) is 12.3 Å². The van der Waals surface area contributed by atoms with Gasteiger partial charge in [-0.3, -0.25) is 14.4 Å². The van der Waals surface area contributed by atoms with Crippen molar-refractivity contribution in [3.8, 4) is 0 Å². The summed E-state index contributed by atoms with van der Waals surface area (Å²) in [6.07, 6.45) is 0. The normalized spacial score (nSPS) is 11.3. The van der Waals surface area contributed by atoms with Gasteiger partial charge in [-0.15, -0.1) is 0 Å². The van der Waals surface area contributed by atoms with Crippen LogP contribution in [0, 0.1) is 0 Å². The van der Waals surface area contributed by atoms with E-state index in [1.165, 1.54) is 0 Å². The average molecular weight is 330 g/mol. The fourth-order valence-corrected chi connectivity index (χ4v) is 2.45. The van der Waals surface area contributed by atoms with Crippen LogP contribution in [0.25, 0.3) is 0 Å². The van der Waals surface area contributed by atoms with Crippen molar-refractivity contribution in [3.05, 3.63) is 47.2 Å². The van der Waals surface area contributed by atoms with Gasteiger partial charge in [0.2, 0.25) is 0 Å². The van der Waals surface area contributed by atoms with Gasteiger partial charge in [0.15, 0.2) is 0 Å². The highest BCUT2D eigenvalue weighted by Crippen LogP contribution is 2.18. The van der Waals surface area contributed by atoms with Crippen molar-refractivity contribution < 1.29 is 9.90 Å². The molecule has 2 N–H and O–H groups in total. The number of rotatable bonds is 7. The monoisotopic (exact) mass is 330 g/mol. The quantitative estimate of drug-likeness (QED) is 0.817. The number of nitrogens with one attached hydrogen (secondary N) is 1. The Morgan fingerprint density at radius 2 is 2.12 bits per heavy atom. The smallest absolute Gasteiger partial charge is 0.256 e. The molecule has 0 saturated carbocycles. The SMILES string of the molecule is CC(C)c1cc(NC(=O)c2cccc(CN(C)CCO)c2)n(C)n1. The summed E-state index contributed by atoms with van der Waals surface area (Å²) in [7, 11) is 3.76. The molecule has 0 fully saturated rings. The molecule has 0 bridgehead atoms. The first-order chi connectivity index (χ1) is 11.4. The molecule has 0 unspecified atom stereocenters. The maximum Gasteiger partial charge on any atom is 0.256 e. The highest BCUT2D eigenvalue weighted by atomic mass is 16.3. The second-order valence-corrected chi connectivity index (χ2v) is 6.35. The van der Waals surface area contributed by atoms with Crippen molar-refractivity contribution in [1.29, 1.82) is 0 Å². The molecule has 6 heteroatoms. The van der Waals surface area contributed by atoms with Crippen LogP contribution in [0.2, 0.25) is 0 Å². The number of benzene rings is 1. The lowest BCUT2D eigenvalue weighted by Crippen LogP contribution is -2.22. The van der Waals surface area contributed by atoms with Crippen molar-refractivity contribution in [2.24, 2.45) is 7.05 Å². The zero-order chi connectivity index (χ0) is 17.7. The Morgan fingerprint density at radius 1 is 1.38 bits per heavy atom. The van der Waals surface area contributed by atoms with E-state index in [9.17, 15) is 4.79 Å². The van der Waals surface area contributed by atoms with E-state index in [0.29, 0.717) is 30.4 Å². The number of aliphatic hydroxyl groups excluding tert-OH is 1. The zero-order valence-corrected chi connectivity index (χ0v) is 14.8. The van der Waals surface area contributed by atoms with E-state index in [1.807, 2.05) is 43.3 Å². The van der Waals surface area contributed by atoms with Gasteiger partial charge >= 0.3 is 0 Å². The lowest BCUT2D eigenvalue weighted by molar-refractivity contribution is 0.102. The summed E-state index contributed by atoms with van der Waals surface area (Å²) in [6.45, 7) is 5.55. The van der Waals surface area contributed by atoms with Crippen LogP contribution in [0.5, 0.6) is 0 Å². The molecule has 0 aliphatic heterocycles. The Hall–Kier alpha value is -2.18. The van der Waals surface area contributed by atoms with Crippen molar-refractivity contribution in [1.82, 2.24) is 14.7 Å². The molecular weight excluding hydrogens is 304 g/mol. The first-order valence-corrected chi connectivity index (χ1v) is 8.14. The lowest BCUT2D eigenvalue weighted by atomic mass is 10.1. The highest BCUT2D eigenvalue weighted by molar-refractivity contribution is 6.03. The number of likely N-dealkylation sites (N-methyl/N-ethyl adjacent to an activating group) is 1. The summed E-state index contributed by atoms with van der Waals surface area (Å²) < 4.78 is 1.69. The number of aryl methyl sites for hydroxylation is 1. The molecule has 1 heterocycles. The number of aliphatic hydroxyl groups is 1. The number of hydrogen-bond donors (Lipinski definition) is 2. The summed E-state index contributed by atoms with van der Waals surface area (Å²) in [5.74, 6) is 0.846. The zero-order valence-electron chi connectivity index (χ0n) is 14.8. The predicted molar refractivity (Wildman–Crippen MR) is 95.1 cm³/mol. The summed E-state index contributed by atoms with van der Waals surface area (Å²) in [4.78, 5) is 14.5. The number of nitrogens with zero attached hydrogens (tertiary/aromatic N) is 3. The van der Waals surface area contributed by atoms with Gasteiger partial charge in [-0.2, -0.15) is 5.10 Å². The van der Waals surface area contributed by atoms with Crippen LogP contribution < -0.4 is 5.32 Å². The number of carbonyl (C=O) groups is 1. The van der Waals surface area contributed by atoms with E-state index >= 15 is 0 Å². The minimum Gasteiger partial charge on any atom is -0.395 e. The molecule has 0 aliphatic rings. The van der Waals surface area contributed by atoms with Gasteiger partial charge in [-0.05, 0) is 30.7 Å². The molecule has 2 rings (SSSR count). The van der Waals surface area contributed by atoms with E-state index in [-0.39, 0.29) is 12.5 Å². The van der Waals surface area contributed by atoms with Gasteiger partial charge in [0.1, 0.15) is 5.82 Å². The molecule has 2 aromatic rings. The van der Waals surface area contributed by atoms with Crippen molar-refractivity contribution >= 4 is 11.7 Å². The molecule has 24 heavy (non-hydrogen) atoms. The summed E-state index contributed by atoms with van der Waals surface area (Å²) in [5.41, 5.74) is 2.59. The second kappa shape index (κ2) is 8.08. The maximum atomic E-state index is 12.5. The molecule has 0 aliphatic carbocycles. The molecule has 0 saturated heterocycles. The van der Waals surface area contributed by atoms with E-state index in [2.05, 4.69) is 24.3 Å². The molecule has 1 amide bonds. The Labute approximate surface area is 143 Å². The summed E-state index contributed by atoms with van der Waals surface area (Å²) in [6, 6.07) is 9.43. The molecule has 0 radical (unpaired) electrons. The second-order valence-electron chi connectivity index (χ2n) is 6.35. The fourth-order valence-electron chi connectivity index (χ4n) is 2.45. The molecule has 0 atom stereocenters. The van der Waals surface area contributed by atoms with Gasteiger partial charge in [-0.1, -0.05) is 26.0 Å². The highest BCUT2D eigenvalue weighted by Gasteiger charge is 2.13.